The van der Waals surface area contributed by atoms with E-state index in [9.17, 15) is 18.0 Å². The predicted molar refractivity (Wildman–Crippen MR) is 110 cm³/mol. The van der Waals surface area contributed by atoms with Gasteiger partial charge in [0.1, 0.15) is 5.82 Å². The minimum Gasteiger partial charge on any atom is -0.454 e. The molecule has 0 radical (unpaired) electrons. The lowest BCUT2D eigenvalue weighted by Crippen LogP contribution is -2.35. The van der Waals surface area contributed by atoms with E-state index in [0.717, 1.165) is 4.68 Å². The highest BCUT2D eigenvalue weighted by molar-refractivity contribution is 6.03. The Hall–Kier alpha value is -4.20. The highest BCUT2D eigenvalue weighted by Crippen LogP contribution is 2.45. The van der Waals surface area contributed by atoms with Crippen LogP contribution in [0, 0.1) is 11.3 Å². The second-order valence-electron chi connectivity index (χ2n) is 7.61. The zero-order valence-corrected chi connectivity index (χ0v) is 16.9. The van der Waals surface area contributed by atoms with Gasteiger partial charge in [-0.25, -0.2) is 4.68 Å². The van der Waals surface area contributed by atoms with Gasteiger partial charge in [-0.1, -0.05) is 6.07 Å². The lowest BCUT2D eigenvalue weighted by atomic mass is 9.96. The Morgan fingerprint density at radius 2 is 1.91 bits per heavy atom. The van der Waals surface area contributed by atoms with E-state index in [1.807, 2.05) is 6.07 Å². The molecule has 1 amide bonds. The summed E-state index contributed by atoms with van der Waals surface area (Å²) in [5, 5.41) is 18.4. The molecular weight excluding hydrogens is 439 g/mol. The number of alkyl halides is 3. The summed E-state index contributed by atoms with van der Waals surface area (Å²) in [6.07, 6.45) is -4.88. The third kappa shape index (κ3) is 3.91. The van der Waals surface area contributed by atoms with Gasteiger partial charge < -0.3 is 20.1 Å². The molecule has 2 N–H and O–H groups in total. The Morgan fingerprint density at radius 3 is 2.64 bits per heavy atom. The highest BCUT2D eigenvalue weighted by Gasteiger charge is 2.47. The summed E-state index contributed by atoms with van der Waals surface area (Å²) in [4.78, 5) is 12.6. The first-order chi connectivity index (χ1) is 15.8. The van der Waals surface area contributed by atoms with Crippen LogP contribution in [0.1, 0.15) is 40.1 Å². The van der Waals surface area contributed by atoms with E-state index >= 15 is 0 Å². The monoisotopic (exact) mass is 455 g/mol. The minimum absolute atomic E-state index is 0.0620. The number of anilines is 2. The van der Waals surface area contributed by atoms with Crippen molar-refractivity contribution in [1.82, 2.24) is 9.78 Å². The fourth-order valence-electron chi connectivity index (χ4n) is 3.86. The molecule has 2 unspecified atom stereocenters. The van der Waals surface area contributed by atoms with Gasteiger partial charge in [0.2, 0.25) is 6.79 Å². The van der Waals surface area contributed by atoms with Gasteiger partial charge in [0, 0.05) is 18.2 Å². The van der Waals surface area contributed by atoms with Gasteiger partial charge in [-0.3, -0.25) is 4.79 Å². The molecule has 3 heterocycles. The van der Waals surface area contributed by atoms with E-state index in [1.54, 1.807) is 18.2 Å². The number of nitriles is 1. The van der Waals surface area contributed by atoms with E-state index in [2.05, 4.69) is 15.7 Å². The van der Waals surface area contributed by atoms with Crippen LogP contribution in [-0.2, 0) is 0 Å². The molecule has 0 saturated carbocycles. The normalized spacial score (nSPS) is 18.7. The number of benzene rings is 2. The van der Waals surface area contributed by atoms with E-state index in [-0.39, 0.29) is 24.7 Å². The molecule has 0 bridgehead atoms. The number of rotatable bonds is 3. The summed E-state index contributed by atoms with van der Waals surface area (Å²) in [6.45, 7) is 0.0620. The number of nitrogens with one attached hydrogen (secondary N) is 2. The molecule has 168 valence electrons. The number of carbonyl (C=O) groups is 1. The van der Waals surface area contributed by atoms with Gasteiger partial charge in [0.25, 0.3) is 5.91 Å². The van der Waals surface area contributed by atoms with Crippen molar-refractivity contribution in [3.8, 4) is 17.6 Å². The molecule has 2 atom stereocenters. The number of nitrogens with zero attached hydrogens (tertiary/aromatic N) is 3. The first-order valence-corrected chi connectivity index (χ1v) is 9.95. The summed E-state index contributed by atoms with van der Waals surface area (Å²) in [5.74, 6) is 0.424. The van der Waals surface area contributed by atoms with Gasteiger partial charge in [0.05, 0.1) is 17.7 Å². The maximum atomic E-state index is 13.9. The van der Waals surface area contributed by atoms with Gasteiger partial charge >= 0.3 is 6.18 Å². The van der Waals surface area contributed by atoms with Crippen LogP contribution in [0.3, 0.4) is 0 Å². The molecule has 5 rings (SSSR count). The van der Waals surface area contributed by atoms with Crippen molar-refractivity contribution in [2.45, 2.75) is 24.7 Å². The average Bonchev–Trinajstić information content (AvgIpc) is 3.44. The summed E-state index contributed by atoms with van der Waals surface area (Å²) in [5.41, 5.74) is 1.24. The van der Waals surface area contributed by atoms with Crippen molar-refractivity contribution in [3.05, 3.63) is 65.4 Å². The van der Waals surface area contributed by atoms with Crippen molar-refractivity contribution in [1.29, 1.82) is 5.26 Å². The molecule has 3 aromatic rings. The zero-order chi connectivity index (χ0) is 23.2. The molecule has 0 fully saturated rings. The second kappa shape index (κ2) is 7.74. The molecule has 1 aromatic heterocycles. The summed E-state index contributed by atoms with van der Waals surface area (Å²) in [7, 11) is 0. The van der Waals surface area contributed by atoms with E-state index in [4.69, 9.17) is 14.7 Å². The van der Waals surface area contributed by atoms with Crippen LogP contribution < -0.4 is 20.1 Å². The first kappa shape index (κ1) is 20.7. The summed E-state index contributed by atoms with van der Waals surface area (Å²) < 4.78 is 53.1. The largest absolute Gasteiger partial charge is 0.454 e. The van der Waals surface area contributed by atoms with Crippen molar-refractivity contribution in [2.24, 2.45) is 0 Å². The fourth-order valence-corrected chi connectivity index (χ4v) is 3.86. The fraction of sp³-hybridized carbons (Fsp3) is 0.227. The molecule has 2 aliphatic heterocycles. The highest BCUT2D eigenvalue weighted by atomic mass is 19.4. The van der Waals surface area contributed by atoms with Crippen LogP contribution >= 0.6 is 0 Å². The standard InChI is InChI=1S/C22H16F3N5O3/c23-22(24,25)19-8-15(13-3-6-17-18(7-13)33-11-32-17)28-20-9-16(29-30(19)20)21(31)27-14-4-1-12(10-26)2-5-14/h1-7,9,15,19,28H,8,11H2,(H,27,31). The Morgan fingerprint density at radius 1 is 1.15 bits per heavy atom. The van der Waals surface area contributed by atoms with Gasteiger partial charge in [-0.15, -0.1) is 0 Å². The number of amides is 1. The number of hydrogen-bond donors (Lipinski definition) is 2. The van der Waals surface area contributed by atoms with Crippen LogP contribution in [0.25, 0.3) is 0 Å². The van der Waals surface area contributed by atoms with Gasteiger partial charge in [-0.2, -0.15) is 23.5 Å². The third-order valence-electron chi connectivity index (χ3n) is 5.49. The van der Waals surface area contributed by atoms with Crippen LogP contribution in [0.15, 0.2) is 48.5 Å². The predicted octanol–water partition coefficient (Wildman–Crippen LogP) is 4.40. The molecule has 8 nitrogen and oxygen atoms in total. The summed E-state index contributed by atoms with van der Waals surface area (Å²) in [6, 6.07) is 11.7. The van der Waals surface area contributed by atoms with Crippen molar-refractivity contribution >= 4 is 17.4 Å². The molecule has 2 aromatic carbocycles. The number of ether oxygens (including phenoxy) is 2. The lowest BCUT2D eigenvalue weighted by molar-refractivity contribution is -0.173. The van der Waals surface area contributed by atoms with Crippen LogP contribution in [0.2, 0.25) is 0 Å². The van der Waals surface area contributed by atoms with Crippen LogP contribution in [-0.4, -0.2) is 28.7 Å². The molecule has 0 spiro atoms. The third-order valence-corrected chi connectivity index (χ3v) is 5.49. The maximum Gasteiger partial charge on any atom is 0.410 e. The SMILES string of the molecule is N#Cc1ccc(NC(=O)c2cc3n(n2)C(C(F)(F)F)CC(c2ccc4c(c2)OCO4)N3)cc1. The smallest absolute Gasteiger partial charge is 0.410 e. The maximum absolute atomic E-state index is 13.9. The molecule has 0 saturated heterocycles. The van der Waals surface area contributed by atoms with Gasteiger partial charge in [-0.05, 0) is 42.0 Å². The number of fused-ring (bicyclic) bond motifs is 2. The Kier molecular flexibility index (Phi) is 4.85. The van der Waals surface area contributed by atoms with E-state index in [1.165, 1.54) is 30.3 Å². The van der Waals surface area contributed by atoms with Crippen molar-refractivity contribution in [2.75, 3.05) is 17.4 Å². The topological polar surface area (TPSA) is 101 Å². The Bertz CT molecular complexity index is 1260. The number of aromatic nitrogens is 2. The number of carbonyl (C=O) groups excluding carboxylic acids is 1. The summed E-state index contributed by atoms with van der Waals surface area (Å²) >= 11 is 0. The molecule has 11 heteroatoms. The first-order valence-electron chi connectivity index (χ1n) is 9.95. The molecule has 0 aliphatic carbocycles. The quantitative estimate of drug-likeness (QED) is 0.607. The zero-order valence-electron chi connectivity index (χ0n) is 16.9. The molecule has 33 heavy (non-hydrogen) atoms. The molecular formula is C22H16F3N5O3. The number of hydrogen-bond acceptors (Lipinski definition) is 6. The number of halogens is 3. The van der Waals surface area contributed by atoms with Gasteiger partial charge in [0.15, 0.2) is 23.2 Å². The molecule has 2 aliphatic rings. The van der Waals surface area contributed by atoms with Crippen molar-refractivity contribution < 1.29 is 27.4 Å². The van der Waals surface area contributed by atoms with E-state index in [0.29, 0.717) is 28.3 Å². The van der Waals surface area contributed by atoms with Crippen molar-refractivity contribution in [3.63, 3.8) is 0 Å². The average molecular weight is 455 g/mol. The van der Waals surface area contributed by atoms with Crippen LogP contribution in [0.4, 0.5) is 24.7 Å². The lowest BCUT2D eigenvalue weighted by Gasteiger charge is -2.33. The minimum atomic E-state index is -4.57. The van der Waals surface area contributed by atoms with E-state index < -0.39 is 24.2 Å². The Labute approximate surface area is 185 Å². The Balaban J connectivity index is 1.43. The van der Waals surface area contributed by atoms with Crippen LogP contribution in [0.5, 0.6) is 11.5 Å². The second-order valence-corrected chi connectivity index (χ2v) is 7.61.